The van der Waals surface area contributed by atoms with E-state index in [-0.39, 0.29) is 18.0 Å². The van der Waals surface area contributed by atoms with E-state index in [9.17, 15) is 14.4 Å². The van der Waals surface area contributed by atoms with Gasteiger partial charge in [0.25, 0.3) is 5.91 Å². The maximum atomic E-state index is 13.4. The monoisotopic (exact) mass is 444 g/mol. The van der Waals surface area contributed by atoms with Crippen LogP contribution in [0.4, 0.5) is 10.6 Å². The van der Waals surface area contributed by atoms with E-state index < -0.39 is 11.7 Å². The van der Waals surface area contributed by atoms with Crippen LogP contribution in [0.25, 0.3) is 0 Å². The molecule has 0 aromatic carbocycles. The second kappa shape index (κ2) is 9.88. The third-order valence-corrected chi connectivity index (χ3v) is 6.05. The summed E-state index contributed by atoms with van der Waals surface area (Å²) < 4.78 is 5.45. The molecule has 2 aliphatic heterocycles. The molecule has 0 bridgehead atoms. The fourth-order valence-electron chi connectivity index (χ4n) is 4.34. The number of carbonyl (C=O) groups excluding carboxylic acids is 3. The minimum absolute atomic E-state index is 0.0827. The third kappa shape index (κ3) is 5.58. The molecule has 1 atom stereocenters. The van der Waals surface area contributed by atoms with E-state index in [1.54, 1.807) is 33.9 Å². The summed E-state index contributed by atoms with van der Waals surface area (Å²) in [6.07, 6.45) is 5.36. The number of hydrogen-bond donors (Lipinski definition) is 0. The van der Waals surface area contributed by atoms with Gasteiger partial charge in [0.15, 0.2) is 6.29 Å². The topological polar surface area (TPSA) is 83.1 Å². The predicted molar refractivity (Wildman–Crippen MR) is 123 cm³/mol. The lowest BCUT2D eigenvalue weighted by Crippen LogP contribution is -2.37. The molecule has 1 unspecified atom stereocenters. The largest absolute Gasteiger partial charge is 0.444 e. The lowest BCUT2D eigenvalue weighted by molar-refractivity contribution is 0.0282. The van der Waals surface area contributed by atoms with Crippen LogP contribution in [0, 0.1) is 0 Å². The Morgan fingerprint density at radius 2 is 1.88 bits per heavy atom. The van der Waals surface area contributed by atoms with Gasteiger partial charge in [-0.3, -0.25) is 9.59 Å². The molecule has 0 radical (unpaired) electrons. The van der Waals surface area contributed by atoms with Crippen LogP contribution >= 0.6 is 0 Å². The zero-order valence-corrected chi connectivity index (χ0v) is 20.0. The number of carbonyl (C=O) groups is 3. The number of ether oxygens (including phenoxy) is 1. The Kier molecular flexibility index (Phi) is 7.41. The zero-order chi connectivity index (χ0) is 23.5. The molecule has 8 heteroatoms. The third-order valence-electron chi connectivity index (χ3n) is 6.05. The van der Waals surface area contributed by atoms with Crippen LogP contribution < -0.4 is 4.90 Å². The molecular formula is C24H36N4O4. The molecule has 8 nitrogen and oxygen atoms in total. The highest BCUT2D eigenvalue weighted by atomic mass is 16.6. The van der Waals surface area contributed by atoms with E-state index in [2.05, 4.69) is 11.8 Å². The zero-order valence-electron chi connectivity index (χ0n) is 20.0. The Balaban J connectivity index is 1.99. The van der Waals surface area contributed by atoms with Crippen molar-refractivity contribution in [3.8, 4) is 0 Å². The van der Waals surface area contributed by atoms with Crippen molar-refractivity contribution in [1.29, 1.82) is 0 Å². The predicted octanol–water partition coefficient (Wildman–Crippen LogP) is 3.88. The molecule has 1 aromatic rings. The Hall–Kier alpha value is -2.64. The molecule has 2 aliphatic rings. The molecule has 0 N–H and O–H groups in total. The lowest BCUT2D eigenvalue weighted by Gasteiger charge is -2.29. The first-order valence-corrected chi connectivity index (χ1v) is 11.6. The van der Waals surface area contributed by atoms with Crippen LogP contribution in [0.3, 0.4) is 0 Å². The Morgan fingerprint density at radius 1 is 1.19 bits per heavy atom. The summed E-state index contributed by atoms with van der Waals surface area (Å²) in [7, 11) is 1.61. The number of hydrogen-bond acceptors (Lipinski definition) is 6. The smallest absolute Gasteiger partial charge is 0.410 e. The Morgan fingerprint density at radius 3 is 2.44 bits per heavy atom. The highest BCUT2D eigenvalue weighted by Gasteiger charge is 2.29. The van der Waals surface area contributed by atoms with E-state index in [4.69, 9.17) is 9.72 Å². The molecule has 3 heterocycles. The van der Waals surface area contributed by atoms with Crippen molar-refractivity contribution in [2.45, 2.75) is 78.0 Å². The van der Waals surface area contributed by atoms with Crippen molar-refractivity contribution in [3.63, 3.8) is 0 Å². The fraction of sp³-hybridized carbons (Fsp3) is 0.667. The number of aromatic nitrogens is 1. The molecule has 2 amide bonds. The first-order chi connectivity index (χ1) is 15.1. The Bertz CT molecular complexity index is 858. The molecule has 1 aromatic heterocycles. The number of rotatable bonds is 5. The van der Waals surface area contributed by atoms with E-state index in [1.807, 2.05) is 4.90 Å². The second-order valence-corrected chi connectivity index (χ2v) is 9.88. The van der Waals surface area contributed by atoms with Crippen molar-refractivity contribution in [2.75, 3.05) is 31.6 Å². The van der Waals surface area contributed by atoms with Crippen LogP contribution in [-0.2, 0) is 11.3 Å². The quantitative estimate of drug-likeness (QED) is 0.641. The van der Waals surface area contributed by atoms with Crippen molar-refractivity contribution < 1.29 is 19.1 Å². The summed E-state index contributed by atoms with van der Waals surface area (Å²) in [6.45, 7) is 9.88. The maximum Gasteiger partial charge on any atom is 0.410 e. The number of piperidine rings is 1. The summed E-state index contributed by atoms with van der Waals surface area (Å²) in [4.78, 5) is 48.2. The second-order valence-electron chi connectivity index (χ2n) is 9.88. The SMILES string of the molecule is CC1CCCN1c1cc(C(=O)N2CCCCC2)c(C=O)c(CN(C)C(=O)OC(C)(C)C)n1. The molecule has 0 spiro atoms. The summed E-state index contributed by atoms with van der Waals surface area (Å²) in [5, 5.41) is 0. The minimum atomic E-state index is -0.630. The molecule has 0 saturated carbocycles. The van der Waals surface area contributed by atoms with Crippen LogP contribution in [0.15, 0.2) is 6.07 Å². The average molecular weight is 445 g/mol. The maximum absolute atomic E-state index is 13.4. The Labute approximate surface area is 190 Å². The number of nitrogens with zero attached hydrogens (tertiary/aromatic N) is 4. The fourth-order valence-corrected chi connectivity index (χ4v) is 4.34. The molecule has 2 saturated heterocycles. The van der Waals surface area contributed by atoms with Gasteiger partial charge in [0.2, 0.25) is 0 Å². The molecule has 32 heavy (non-hydrogen) atoms. The molecule has 0 aliphatic carbocycles. The normalized spacial score (nSPS) is 19.1. The van der Waals surface area contributed by atoms with Crippen molar-refractivity contribution in [3.05, 3.63) is 22.9 Å². The van der Waals surface area contributed by atoms with Crippen molar-refractivity contribution in [2.24, 2.45) is 0 Å². The molecule has 3 rings (SSSR count). The van der Waals surface area contributed by atoms with Gasteiger partial charge in [-0.25, -0.2) is 9.78 Å². The summed E-state index contributed by atoms with van der Waals surface area (Å²) in [6, 6.07) is 2.07. The summed E-state index contributed by atoms with van der Waals surface area (Å²) >= 11 is 0. The van der Waals surface area contributed by atoms with Gasteiger partial charge < -0.3 is 19.4 Å². The number of pyridine rings is 1. The highest BCUT2D eigenvalue weighted by Crippen LogP contribution is 2.28. The van der Waals surface area contributed by atoms with Crippen LogP contribution in [0.2, 0.25) is 0 Å². The van der Waals surface area contributed by atoms with Crippen molar-refractivity contribution >= 4 is 24.1 Å². The van der Waals surface area contributed by atoms with E-state index in [0.29, 0.717) is 42.5 Å². The number of aldehydes is 1. The minimum Gasteiger partial charge on any atom is -0.444 e. The van der Waals surface area contributed by atoms with Gasteiger partial charge in [0.05, 0.1) is 23.4 Å². The summed E-state index contributed by atoms with van der Waals surface area (Å²) in [5.74, 6) is 0.553. The standard InChI is InChI=1S/C24H36N4O4/c1-17-10-9-13-28(17)21-14-18(22(30)27-11-7-6-8-12-27)19(16-29)20(25-21)15-26(5)23(31)32-24(2,3)4/h14,16-17H,6-13,15H2,1-5H3. The average Bonchev–Trinajstić information content (AvgIpc) is 3.18. The lowest BCUT2D eigenvalue weighted by atomic mass is 10.0. The highest BCUT2D eigenvalue weighted by molar-refractivity contribution is 6.02. The van der Waals surface area contributed by atoms with Gasteiger partial charge >= 0.3 is 6.09 Å². The number of amides is 2. The molecule has 176 valence electrons. The van der Waals surface area contributed by atoms with Gasteiger partial charge in [-0.05, 0) is 65.9 Å². The van der Waals surface area contributed by atoms with Gasteiger partial charge in [-0.1, -0.05) is 0 Å². The van der Waals surface area contributed by atoms with E-state index in [0.717, 1.165) is 38.6 Å². The van der Waals surface area contributed by atoms with Crippen LogP contribution in [-0.4, -0.2) is 71.4 Å². The van der Waals surface area contributed by atoms with Gasteiger partial charge in [-0.15, -0.1) is 0 Å². The number of likely N-dealkylation sites (tertiary alicyclic amines) is 1. The molecule has 2 fully saturated rings. The first kappa shape index (κ1) is 24.0. The molecular weight excluding hydrogens is 408 g/mol. The van der Waals surface area contributed by atoms with E-state index >= 15 is 0 Å². The van der Waals surface area contributed by atoms with Gasteiger partial charge in [0.1, 0.15) is 11.4 Å². The van der Waals surface area contributed by atoms with E-state index in [1.165, 1.54) is 4.90 Å². The van der Waals surface area contributed by atoms with Gasteiger partial charge in [-0.2, -0.15) is 0 Å². The number of anilines is 1. The van der Waals surface area contributed by atoms with Crippen LogP contribution in [0.1, 0.15) is 86.2 Å². The van der Waals surface area contributed by atoms with Gasteiger partial charge in [0, 0.05) is 32.7 Å². The van der Waals surface area contributed by atoms with Crippen molar-refractivity contribution in [1.82, 2.24) is 14.8 Å². The summed E-state index contributed by atoms with van der Waals surface area (Å²) in [5.41, 5.74) is 0.421. The van der Waals surface area contributed by atoms with Crippen LogP contribution in [0.5, 0.6) is 0 Å². The first-order valence-electron chi connectivity index (χ1n) is 11.6.